The minimum Gasteiger partial charge on any atom is -0.368 e. The lowest BCUT2D eigenvalue weighted by molar-refractivity contribution is 0.525. The number of benzene rings is 1. The van der Waals surface area contributed by atoms with E-state index in [1.807, 2.05) is 26.0 Å². The van der Waals surface area contributed by atoms with E-state index in [1.54, 1.807) is 30.7 Å². The molecule has 0 radical (unpaired) electrons. The van der Waals surface area contributed by atoms with Crippen molar-refractivity contribution in [2.75, 3.05) is 18.0 Å². The van der Waals surface area contributed by atoms with Crippen LogP contribution >= 0.6 is 0 Å². The maximum atomic E-state index is 14.0. The SMILES string of the molecule is Cc1ccnc2nc(-c3cncc(-c4ccc(F)c(C#N)c4)c3N3CCC(C)(N)C3)[nH]c12. The number of nitrogens with one attached hydrogen (secondary N) is 1. The molecule has 3 aromatic heterocycles. The molecule has 7 nitrogen and oxygen atoms in total. The van der Waals surface area contributed by atoms with E-state index in [0.29, 0.717) is 23.6 Å². The van der Waals surface area contributed by atoms with Crippen molar-refractivity contribution in [2.24, 2.45) is 5.73 Å². The summed E-state index contributed by atoms with van der Waals surface area (Å²) in [5, 5.41) is 9.32. The summed E-state index contributed by atoms with van der Waals surface area (Å²) in [4.78, 5) is 19.2. The lowest BCUT2D eigenvalue weighted by Crippen LogP contribution is -2.39. The molecule has 0 amide bonds. The Morgan fingerprint density at radius 1 is 1.25 bits per heavy atom. The van der Waals surface area contributed by atoms with Crippen LogP contribution in [0.4, 0.5) is 10.1 Å². The van der Waals surface area contributed by atoms with Gasteiger partial charge in [-0.1, -0.05) is 6.07 Å². The normalized spacial score (nSPS) is 18.3. The van der Waals surface area contributed by atoms with Crippen molar-refractivity contribution >= 4 is 16.9 Å². The second-order valence-electron chi connectivity index (χ2n) is 8.63. The van der Waals surface area contributed by atoms with Crippen molar-refractivity contribution in [3.63, 3.8) is 0 Å². The number of rotatable bonds is 3. The molecule has 1 aliphatic rings. The fourth-order valence-electron chi connectivity index (χ4n) is 4.30. The van der Waals surface area contributed by atoms with E-state index in [-0.39, 0.29) is 11.1 Å². The Bertz CT molecular complexity index is 1380. The lowest BCUT2D eigenvalue weighted by atomic mass is 9.99. The monoisotopic (exact) mass is 427 g/mol. The summed E-state index contributed by atoms with van der Waals surface area (Å²) < 4.78 is 14.0. The van der Waals surface area contributed by atoms with E-state index in [9.17, 15) is 9.65 Å². The third-order valence-corrected chi connectivity index (χ3v) is 5.99. The van der Waals surface area contributed by atoms with Crippen molar-refractivity contribution in [1.29, 1.82) is 5.26 Å². The molecular weight excluding hydrogens is 405 g/mol. The van der Waals surface area contributed by atoms with Gasteiger partial charge in [-0.05, 0) is 49.6 Å². The molecule has 5 rings (SSSR count). The van der Waals surface area contributed by atoms with Crippen LogP contribution in [-0.2, 0) is 0 Å². The fourth-order valence-corrected chi connectivity index (χ4v) is 4.30. The highest BCUT2D eigenvalue weighted by Gasteiger charge is 2.33. The predicted molar refractivity (Wildman–Crippen MR) is 121 cm³/mol. The Hall–Kier alpha value is -3.83. The van der Waals surface area contributed by atoms with Gasteiger partial charge >= 0.3 is 0 Å². The first-order chi connectivity index (χ1) is 15.4. The molecule has 8 heteroatoms. The Kier molecular flexibility index (Phi) is 4.64. The van der Waals surface area contributed by atoms with Crippen molar-refractivity contribution in [1.82, 2.24) is 19.9 Å². The molecule has 1 aliphatic heterocycles. The summed E-state index contributed by atoms with van der Waals surface area (Å²) in [5.74, 6) is 0.107. The van der Waals surface area contributed by atoms with Gasteiger partial charge in [-0.25, -0.2) is 14.4 Å². The third kappa shape index (κ3) is 3.37. The number of aromatic amines is 1. The third-order valence-electron chi connectivity index (χ3n) is 5.99. The Morgan fingerprint density at radius 2 is 2.06 bits per heavy atom. The van der Waals surface area contributed by atoms with Gasteiger partial charge in [0.1, 0.15) is 17.7 Å². The van der Waals surface area contributed by atoms with E-state index in [1.165, 1.54) is 6.07 Å². The zero-order chi connectivity index (χ0) is 22.5. The zero-order valence-corrected chi connectivity index (χ0v) is 17.9. The van der Waals surface area contributed by atoms with Crippen molar-refractivity contribution in [3.05, 3.63) is 59.8 Å². The van der Waals surface area contributed by atoms with Crippen molar-refractivity contribution < 1.29 is 4.39 Å². The number of anilines is 1. The van der Waals surface area contributed by atoms with Crippen LogP contribution in [0.1, 0.15) is 24.5 Å². The number of hydrogen-bond acceptors (Lipinski definition) is 6. The first-order valence-corrected chi connectivity index (χ1v) is 10.4. The van der Waals surface area contributed by atoms with E-state index in [4.69, 9.17) is 10.7 Å². The maximum Gasteiger partial charge on any atom is 0.178 e. The minimum atomic E-state index is -0.545. The lowest BCUT2D eigenvalue weighted by Gasteiger charge is -2.26. The van der Waals surface area contributed by atoms with Crippen LogP contribution in [0.2, 0.25) is 0 Å². The van der Waals surface area contributed by atoms with E-state index in [2.05, 4.69) is 19.9 Å². The molecule has 0 saturated carbocycles. The second-order valence-corrected chi connectivity index (χ2v) is 8.63. The van der Waals surface area contributed by atoms with Crippen molar-refractivity contribution in [2.45, 2.75) is 25.8 Å². The molecule has 0 aliphatic carbocycles. The molecule has 3 N–H and O–H groups in total. The fraction of sp³-hybridized carbons (Fsp3) is 0.250. The smallest absolute Gasteiger partial charge is 0.178 e. The van der Waals surface area contributed by atoms with Gasteiger partial charge in [-0.15, -0.1) is 0 Å². The maximum absolute atomic E-state index is 14.0. The van der Waals surface area contributed by atoms with Gasteiger partial charge in [0, 0.05) is 42.8 Å². The Balaban J connectivity index is 1.75. The zero-order valence-electron chi connectivity index (χ0n) is 17.9. The molecule has 0 bridgehead atoms. The van der Waals surface area contributed by atoms with E-state index < -0.39 is 5.82 Å². The highest BCUT2D eigenvalue weighted by molar-refractivity contribution is 5.91. The first-order valence-electron chi connectivity index (χ1n) is 10.4. The molecule has 32 heavy (non-hydrogen) atoms. The number of hydrogen-bond donors (Lipinski definition) is 2. The summed E-state index contributed by atoms with van der Waals surface area (Å²) in [7, 11) is 0. The minimum absolute atomic E-state index is 0.00694. The molecule has 0 spiro atoms. The first kappa shape index (κ1) is 20.1. The van der Waals surface area contributed by atoms with Gasteiger partial charge in [0.05, 0.1) is 22.3 Å². The van der Waals surface area contributed by atoms with E-state index in [0.717, 1.165) is 40.9 Å². The van der Waals surface area contributed by atoms with Gasteiger partial charge in [-0.2, -0.15) is 5.26 Å². The summed E-state index contributed by atoms with van der Waals surface area (Å²) in [6.07, 6.45) is 6.08. The number of halogens is 1. The van der Waals surface area contributed by atoms with Crippen LogP contribution in [0.5, 0.6) is 0 Å². The number of aryl methyl sites for hydroxylation is 1. The summed E-state index contributed by atoms with van der Waals surface area (Å²) in [6.45, 7) is 5.46. The van der Waals surface area contributed by atoms with Crippen LogP contribution in [0.3, 0.4) is 0 Å². The Labute approximate surface area is 184 Å². The molecule has 1 fully saturated rings. The largest absolute Gasteiger partial charge is 0.368 e. The van der Waals surface area contributed by atoms with Gasteiger partial charge < -0.3 is 15.6 Å². The number of fused-ring (bicyclic) bond motifs is 1. The number of pyridine rings is 2. The summed E-state index contributed by atoms with van der Waals surface area (Å²) >= 11 is 0. The highest BCUT2D eigenvalue weighted by atomic mass is 19.1. The quantitative estimate of drug-likeness (QED) is 0.513. The van der Waals surface area contributed by atoms with Gasteiger partial charge in [0.2, 0.25) is 0 Å². The number of nitrogens with zero attached hydrogens (tertiary/aromatic N) is 5. The average molecular weight is 427 g/mol. The molecule has 160 valence electrons. The Morgan fingerprint density at radius 3 is 2.78 bits per heavy atom. The average Bonchev–Trinajstić information content (AvgIpc) is 3.37. The summed E-state index contributed by atoms with van der Waals surface area (Å²) in [6, 6.07) is 8.40. The van der Waals surface area contributed by atoms with Gasteiger partial charge in [0.25, 0.3) is 0 Å². The second kappa shape index (κ2) is 7.39. The number of imidazole rings is 1. The molecule has 4 heterocycles. The van der Waals surface area contributed by atoms with Crippen LogP contribution in [0, 0.1) is 24.1 Å². The number of H-pyrrole nitrogens is 1. The van der Waals surface area contributed by atoms with Crippen LogP contribution in [-0.4, -0.2) is 38.6 Å². The molecule has 1 saturated heterocycles. The molecule has 1 unspecified atom stereocenters. The predicted octanol–water partition coefficient (Wildman–Crippen LogP) is 3.93. The summed E-state index contributed by atoms with van der Waals surface area (Å²) in [5.41, 5.74) is 11.9. The van der Waals surface area contributed by atoms with Crippen molar-refractivity contribution in [3.8, 4) is 28.6 Å². The van der Waals surface area contributed by atoms with Crippen LogP contribution in [0.25, 0.3) is 33.7 Å². The molecule has 4 aromatic rings. The standard InChI is InChI=1S/C24H22FN7/c1-14-5-7-29-23-20(14)30-22(31-23)18-12-28-11-17(15-3-4-19(25)16(9-15)10-26)21(18)32-8-6-24(2,27)13-32/h3-5,7,9,11-12H,6,8,13,27H2,1-2H3,(H,29,30,31). The van der Waals surface area contributed by atoms with Crippen LogP contribution in [0.15, 0.2) is 42.9 Å². The van der Waals surface area contributed by atoms with Gasteiger partial charge in [0.15, 0.2) is 5.65 Å². The number of nitrogens with two attached hydrogens (primary N) is 1. The van der Waals surface area contributed by atoms with Crippen LogP contribution < -0.4 is 10.6 Å². The van der Waals surface area contributed by atoms with Gasteiger partial charge in [-0.3, -0.25) is 4.98 Å². The molecule has 1 aromatic carbocycles. The topological polar surface area (TPSA) is 108 Å². The number of aromatic nitrogens is 4. The molecular formula is C24H22FN7. The van der Waals surface area contributed by atoms with E-state index >= 15 is 0 Å². The highest BCUT2D eigenvalue weighted by Crippen LogP contribution is 2.41. The molecule has 1 atom stereocenters. The number of nitriles is 1.